The van der Waals surface area contributed by atoms with E-state index in [-0.39, 0.29) is 17.2 Å². The lowest BCUT2D eigenvalue weighted by Crippen LogP contribution is -2.27. The SMILES string of the molecule is CCCCNC(=O)CSc1nc2ccsc2c(=O)n1-c1ccccc1Cl. The van der Waals surface area contributed by atoms with Gasteiger partial charge in [0.05, 0.1) is 22.0 Å². The molecule has 0 bridgehead atoms. The zero-order chi connectivity index (χ0) is 18.5. The molecule has 0 atom stereocenters. The molecule has 0 aliphatic rings. The van der Waals surface area contributed by atoms with Gasteiger partial charge in [-0.3, -0.25) is 14.2 Å². The van der Waals surface area contributed by atoms with Crippen LogP contribution in [0, 0.1) is 0 Å². The average molecular weight is 408 g/mol. The van der Waals surface area contributed by atoms with Crippen LogP contribution in [-0.4, -0.2) is 27.8 Å². The van der Waals surface area contributed by atoms with Crippen LogP contribution in [-0.2, 0) is 4.79 Å². The Hall–Kier alpha value is -1.83. The van der Waals surface area contributed by atoms with E-state index in [9.17, 15) is 9.59 Å². The van der Waals surface area contributed by atoms with Crippen molar-refractivity contribution in [3.63, 3.8) is 0 Å². The lowest BCUT2D eigenvalue weighted by atomic mass is 10.3. The molecule has 2 aromatic heterocycles. The van der Waals surface area contributed by atoms with Gasteiger partial charge >= 0.3 is 0 Å². The number of carbonyl (C=O) groups is 1. The number of fused-ring (bicyclic) bond motifs is 1. The number of thiophene rings is 1. The number of aromatic nitrogens is 2. The molecule has 0 fully saturated rings. The minimum absolute atomic E-state index is 0.0752. The van der Waals surface area contributed by atoms with Gasteiger partial charge in [-0.25, -0.2) is 4.98 Å². The molecule has 0 spiro atoms. The Kier molecular flexibility index (Phi) is 6.34. The molecule has 8 heteroatoms. The molecule has 1 N–H and O–H groups in total. The maximum Gasteiger partial charge on any atom is 0.276 e. The predicted octanol–water partition coefficient (Wildman–Crippen LogP) is 4.11. The molecule has 1 amide bonds. The molecular formula is C18H18ClN3O2S2. The van der Waals surface area contributed by atoms with E-state index in [1.807, 2.05) is 23.6 Å². The maximum absolute atomic E-state index is 13.0. The summed E-state index contributed by atoms with van der Waals surface area (Å²) in [5.74, 6) is 0.116. The summed E-state index contributed by atoms with van der Waals surface area (Å²) in [5.41, 5.74) is 1.03. The number of para-hydroxylation sites is 1. The third-order valence-corrected chi connectivity index (χ3v) is 5.88. The van der Waals surface area contributed by atoms with E-state index < -0.39 is 0 Å². The smallest absolute Gasteiger partial charge is 0.276 e. The first-order chi connectivity index (χ1) is 12.6. The fraction of sp³-hybridized carbons (Fsp3) is 0.278. The largest absolute Gasteiger partial charge is 0.355 e. The van der Waals surface area contributed by atoms with Gasteiger partial charge < -0.3 is 5.32 Å². The van der Waals surface area contributed by atoms with E-state index in [1.54, 1.807) is 12.1 Å². The molecule has 0 radical (unpaired) electrons. The van der Waals surface area contributed by atoms with Gasteiger partial charge in [0.1, 0.15) is 4.70 Å². The van der Waals surface area contributed by atoms with Crippen LogP contribution in [0.5, 0.6) is 0 Å². The van der Waals surface area contributed by atoms with Crippen LogP contribution in [0.2, 0.25) is 5.02 Å². The Morgan fingerprint density at radius 3 is 2.92 bits per heavy atom. The molecule has 0 saturated heterocycles. The molecule has 5 nitrogen and oxygen atoms in total. The summed E-state index contributed by atoms with van der Waals surface area (Å²) in [5, 5.41) is 5.63. The average Bonchev–Trinajstić information content (AvgIpc) is 3.10. The van der Waals surface area contributed by atoms with Gasteiger partial charge in [0.2, 0.25) is 5.91 Å². The van der Waals surface area contributed by atoms with Gasteiger partial charge in [0.15, 0.2) is 5.16 Å². The van der Waals surface area contributed by atoms with E-state index in [0.717, 1.165) is 12.8 Å². The van der Waals surface area contributed by atoms with E-state index in [1.165, 1.54) is 27.7 Å². The van der Waals surface area contributed by atoms with Crippen LogP contribution in [0.4, 0.5) is 0 Å². The van der Waals surface area contributed by atoms with Crippen molar-refractivity contribution in [3.05, 3.63) is 51.1 Å². The van der Waals surface area contributed by atoms with Crippen molar-refractivity contribution in [1.29, 1.82) is 0 Å². The molecule has 0 aliphatic carbocycles. The van der Waals surface area contributed by atoms with Crippen molar-refractivity contribution in [1.82, 2.24) is 14.9 Å². The number of amides is 1. The normalized spacial score (nSPS) is 11.0. The topological polar surface area (TPSA) is 64.0 Å². The monoisotopic (exact) mass is 407 g/mol. The Morgan fingerprint density at radius 2 is 2.15 bits per heavy atom. The summed E-state index contributed by atoms with van der Waals surface area (Å²) in [7, 11) is 0. The Morgan fingerprint density at radius 1 is 1.35 bits per heavy atom. The highest BCUT2D eigenvalue weighted by Gasteiger charge is 2.17. The zero-order valence-corrected chi connectivity index (χ0v) is 16.6. The molecule has 0 aliphatic heterocycles. The van der Waals surface area contributed by atoms with Crippen LogP contribution < -0.4 is 10.9 Å². The second kappa shape index (κ2) is 8.70. The number of hydrogen-bond acceptors (Lipinski definition) is 5. The number of thioether (sulfide) groups is 1. The van der Waals surface area contributed by atoms with Gasteiger partial charge in [-0.15, -0.1) is 11.3 Å². The predicted molar refractivity (Wildman–Crippen MR) is 109 cm³/mol. The molecule has 0 saturated carbocycles. The van der Waals surface area contributed by atoms with Crippen molar-refractivity contribution in [2.24, 2.45) is 0 Å². The van der Waals surface area contributed by atoms with E-state index in [2.05, 4.69) is 17.2 Å². The molecule has 3 rings (SSSR count). The summed E-state index contributed by atoms with van der Waals surface area (Å²) in [6.45, 7) is 2.73. The number of benzene rings is 1. The number of carbonyl (C=O) groups excluding carboxylic acids is 1. The van der Waals surface area contributed by atoms with E-state index in [0.29, 0.717) is 32.6 Å². The first-order valence-electron chi connectivity index (χ1n) is 8.26. The molecule has 26 heavy (non-hydrogen) atoms. The van der Waals surface area contributed by atoms with Crippen molar-refractivity contribution >= 4 is 50.8 Å². The van der Waals surface area contributed by atoms with Crippen LogP contribution in [0.25, 0.3) is 15.9 Å². The molecule has 2 heterocycles. The lowest BCUT2D eigenvalue weighted by molar-refractivity contribution is -0.118. The van der Waals surface area contributed by atoms with Crippen LogP contribution in [0.15, 0.2) is 45.7 Å². The summed E-state index contributed by atoms with van der Waals surface area (Å²) in [4.78, 5) is 29.6. The van der Waals surface area contributed by atoms with Crippen molar-refractivity contribution in [2.45, 2.75) is 24.9 Å². The third kappa shape index (κ3) is 4.11. The molecule has 136 valence electrons. The van der Waals surface area contributed by atoms with Crippen LogP contribution >= 0.6 is 34.7 Å². The summed E-state index contributed by atoms with van der Waals surface area (Å²) < 4.78 is 2.06. The molecular weight excluding hydrogens is 390 g/mol. The van der Waals surface area contributed by atoms with Gasteiger partial charge in [-0.1, -0.05) is 48.8 Å². The zero-order valence-electron chi connectivity index (χ0n) is 14.2. The van der Waals surface area contributed by atoms with Crippen LogP contribution in [0.3, 0.4) is 0 Å². The van der Waals surface area contributed by atoms with Gasteiger partial charge in [-0.05, 0) is 30.0 Å². The summed E-state index contributed by atoms with van der Waals surface area (Å²) in [6, 6.07) is 8.94. The first-order valence-corrected chi connectivity index (χ1v) is 10.5. The number of halogens is 1. The highest BCUT2D eigenvalue weighted by atomic mass is 35.5. The fourth-order valence-corrected chi connectivity index (χ4v) is 4.24. The third-order valence-electron chi connectivity index (χ3n) is 3.73. The van der Waals surface area contributed by atoms with E-state index >= 15 is 0 Å². The second-order valence-electron chi connectivity index (χ2n) is 5.61. The Labute approximate surface area is 164 Å². The van der Waals surface area contributed by atoms with Crippen LogP contribution in [0.1, 0.15) is 19.8 Å². The minimum Gasteiger partial charge on any atom is -0.355 e. The minimum atomic E-state index is -0.174. The maximum atomic E-state index is 13.0. The van der Waals surface area contributed by atoms with E-state index in [4.69, 9.17) is 11.6 Å². The highest BCUT2D eigenvalue weighted by Crippen LogP contribution is 2.26. The van der Waals surface area contributed by atoms with Crippen molar-refractivity contribution in [3.8, 4) is 5.69 Å². The Balaban J connectivity index is 1.96. The first kappa shape index (κ1) is 18.9. The number of nitrogens with one attached hydrogen (secondary N) is 1. The van der Waals surface area contributed by atoms with Gasteiger partial charge in [0, 0.05) is 6.54 Å². The van der Waals surface area contributed by atoms with Crippen molar-refractivity contribution in [2.75, 3.05) is 12.3 Å². The number of unbranched alkanes of at least 4 members (excludes halogenated alkanes) is 1. The second-order valence-corrected chi connectivity index (χ2v) is 7.88. The number of hydrogen-bond donors (Lipinski definition) is 1. The van der Waals surface area contributed by atoms with Gasteiger partial charge in [-0.2, -0.15) is 0 Å². The quantitative estimate of drug-likeness (QED) is 0.363. The Bertz CT molecular complexity index is 984. The summed E-state index contributed by atoms with van der Waals surface area (Å²) in [6.07, 6.45) is 1.97. The molecule has 3 aromatic rings. The standard InChI is InChI=1S/C18H18ClN3O2S2/c1-2-3-9-20-15(23)11-26-18-21-13-8-10-25-16(13)17(24)22(18)14-7-5-4-6-12(14)19/h4-8,10H,2-3,9,11H2,1H3,(H,20,23). The fourth-order valence-electron chi connectivity index (χ4n) is 2.42. The summed E-state index contributed by atoms with van der Waals surface area (Å²) >= 11 is 8.89. The molecule has 0 unspecified atom stereocenters. The van der Waals surface area contributed by atoms with Gasteiger partial charge in [0.25, 0.3) is 5.56 Å². The number of nitrogens with zero attached hydrogens (tertiary/aromatic N) is 2. The van der Waals surface area contributed by atoms with Crippen molar-refractivity contribution < 1.29 is 4.79 Å². The highest BCUT2D eigenvalue weighted by molar-refractivity contribution is 7.99. The molecule has 1 aromatic carbocycles. The number of rotatable bonds is 7. The lowest BCUT2D eigenvalue weighted by Gasteiger charge is -2.13.